The molecule has 4 heterocycles. The lowest BCUT2D eigenvalue weighted by molar-refractivity contribution is -0.127. The summed E-state index contributed by atoms with van der Waals surface area (Å²) in [6.07, 6.45) is 5.02. The van der Waals surface area contributed by atoms with Crippen molar-refractivity contribution < 1.29 is 34.0 Å². The number of carbonyl (C=O) groups is 2. The van der Waals surface area contributed by atoms with E-state index in [-0.39, 0.29) is 61.5 Å². The van der Waals surface area contributed by atoms with Crippen molar-refractivity contribution in [3.8, 4) is 0 Å². The second-order valence-corrected chi connectivity index (χ2v) is 20.5. The first-order valence-corrected chi connectivity index (χ1v) is 26.3. The topological polar surface area (TPSA) is 149 Å². The van der Waals surface area contributed by atoms with Crippen molar-refractivity contribution in [3.05, 3.63) is 132 Å². The molecule has 0 spiro atoms. The fourth-order valence-electron chi connectivity index (χ4n) is 9.10. The Morgan fingerprint density at radius 1 is 0.538 bits per heavy atom. The summed E-state index contributed by atoms with van der Waals surface area (Å²) in [5, 5.41) is 6.07. The molecule has 4 saturated heterocycles. The van der Waals surface area contributed by atoms with Gasteiger partial charge < -0.3 is 20.3 Å². The molecule has 0 aliphatic carbocycles. The first-order valence-electron chi connectivity index (χ1n) is 23.4. The van der Waals surface area contributed by atoms with Gasteiger partial charge in [-0.2, -0.15) is 8.61 Å². The van der Waals surface area contributed by atoms with Crippen molar-refractivity contribution in [2.45, 2.75) is 74.2 Å². The summed E-state index contributed by atoms with van der Waals surface area (Å²) >= 11 is 0. The van der Waals surface area contributed by atoms with Crippen LogP contribution in [0, 0.1) is 11.8 Å². The Balaban J connectivity index is 0.000000274. The van der Waals surface area contributed by atoms with E-state index in [2.05, 4.69) is 20.4 Å². The Bertz CT molecular complexity index is 2280. The van der Waals surface area contributed by atoms with Crippen LogP contribution in [0.4, 0.5) is 0 Å². The highest BCUT2D eigenvalue weighted by Gasteiger charge is 2.41. The number of rotatable bonds is 14. The van der Waals surface area contributed by atoms with Gasteiger partial charge in [-0.1, -0.05) is 111 Å². The molecule has 4 fully saturated rings. The zero-order valence-electron chi connectivity index (χ0n) is 38.0. The quantitative estimate of drug-likeness (QED) is 0.139. The van der Waals surface area contributed by atoms with Gasteiger partial charge in [0, 0.05) is 55.2 Å². The molecule has 4 aliphatic rings. The van der Waals surface area contributed by atoms with Crippen LogP contribution in [-0.4, -0.2) is 126 Å². The van der Waals surface area contributed by atoms with E-state index in [4.69, 9.17) is 4.74 Å². The van der Waals surface area contributed by atoms with Crippen LogP contribution in [0.2, 0.25) is 0 Å². The van der Waals surface area contributed by atoms with Gasteiger partial charge in [-0.05, 0) is 87.0 Å². The second-order valence-electron chi connectivity index (χ2n) is 16.8. The van der Waals surface area contributed by atoms with Gasteiger partial charge >= 0.3 is 0 Å². The minimum Gasteiger partial charge on any atom is -0.379 e. The molecule has 0 unspecified atom stereocenters. The molecule has 4 aromatic carbocycles. The standard InChI is InChI=1S/C24H31N3O4S.C24H31N3O3S.C2H6.2H2/c28-24(25-13-14-26-15-17-31-18-16-26)21-11-12-23(20-7-3-1-4-8-20)27(19-21)32(29,30)22-9-5-2-6-10-22;28-24(25-15-18-26-16-7-8-17-26)21-13-14-23(20-9-3-1-4-10-20)27(19-21)31(29,30)22-11-5-2-6-12-22;1-2;;/h1-10,21,23H,11-19H2,(H,25,28);1-6,9-12,21,23H,7-8,13-19H2,(H,25,28);1-2H3;2*1H/t2*21-,23-;;;/m11.../s1. The third kappa shape index (κ3) is 13.6. The number of piperidine rings is 2. The van der Waals surface area contributed by atoms with Crippen LogP contribution in [0.1, 0.15) is 78.4 Å². The molecule has 2 amide bonds. The fourth-order valence-corrected chi connectivity index (χ4v) is 12.5. The largest absolute Gasteiger partial charge is 0.379 e. The lowest BCUT2D eigenvalue weighted by Crippen LogP contribution is -2.48. The summed E-state index contributed by atoms with van der Waals surface area (Å²) in [6.45, 7) is 12.6. The number of morpholine rings is 1. The van der Waals surface area contributed by atoms with E-state index < -0.39 is 20.0 Å². The molecule has 0 bridgehead atoms. The molecule has 0 radical (unpaired) electrons. The van der Waals surface area contributed by atoms with Crippen molar-refractivity contribution in [1.82, 2.24) is 29.0 Å². The number of ether oxygens (including phenoxy) is 1. The number of hydrogen-bond acceptors (Lipinski definition) is 9. The summed E-state index contributed by atoms with van der Waals surface area (Å²) in [5.74, 6) is -0.813. The minimum atomic E-state index is -3.73. The first kappa shape index (κ1) is 49.9. The zero-order valence-corrected chi connectivity index (χ0v) is 39.7. The van der Waals surface area contributed by atoms with Crippen molar-refractivity contribution in [1.29, 1.82) is 0 Å². The van der Waals surface area contributed by atoms with Crippen molar-refractivity contribution in [2.24, 2.45) is 11.8 Å². The van der Waals surface area contributed by atoms with Crippen LogP contribution in [0.3, 0.4) is 0 Å². The summed E-state index contributed by atoms with van der Waals surface area (Å²) in [4.78, 5) is 30.9. The van der Waals surface area contributed by atoms with E-state index in [1.807, 2.05) is 74.5 Å². The summed E-state index contributed by atoms with van der Waals surface area (Å²) in [5.41, 5.74) is 1.92. The predicted molar refractivity (Wildman–Crippen MR) is 259 cm³/mol. The Morgan fingerprint density at radius 2 is 0.892 bits per heavy atom. The average molecular weight is 933 g/mol. The van der Waals surface area contributed by atoms with E-state index >= 15 is 0 Å². The number of likely N-dealkylation sites (tertiary alicyclic amines) is 1. The lowest BCUT2D eigenvalue weighted by Gasteiger charge is -2.38. The Morgan fingerprint density at radius 3 is 1.28 bits per heavy atom. The van der Waals surface area contributed by atoms with Gasteiger partial charge in [0.2, 0.25) is 31.9 Å². The van der Waals surface area contributed by atoms with Crippen molar-refractivity contribution in [3.63, 3.8) is 0 Å². The van der Waals surface area contributed by atoms with Crippen molar-refractivity contribution >= 4 is 31.9 Å². The Kier molecular flexibility index (Phi) is 19.1. The molecule has 4 aliphatic heterocycles. The van der Waals surface area contributed by atoms with Crippen molar-refractivity contribution in [2.75, 3.05) is 78.7 Å². The zero-order chi connectivity index (χ0) is 46.1. The summed E-state index contributed by atoms with van der Waals surface area (Å²) in [7, 11) is -7.45. The minimum absolute atomic E-state index is 0. The van der Waals surface area contributed by atoms with Gasteiger partial charge in [0.15, 0.2) is 0 Å². The third-order valence-electron chi connectivity index (χ3n) is 12.6. The number of hydrogen-bond donors (Lipinski definition) is 2. The van der Waals surface area contributed by atoms with E-state index in [0.29, 0.717) is 38.8 Å². The molecule has 13 nitrogen and oxygen atoms in total. The number of sulfonamides is 2. The second kappa shape index (κ2) is 24.9. The molecule has 2 N–H and O–H groups in total. The maximum Gasteiger partial charge on any atom is 0.243 e. The van der Waals surface area contributed by atoms with E-state index in [9.17, 15) is 26.4 Å². The molecular formula is C50H72N6O7S2. The highest BCUT2D eigenvalue weighted by Crippen LogP contribution is 2.39. The molecule has 0 saturated carbocycles. The predicted octanol–water partition coefficient (Wildman–Crippen LogP) is 6.84. The number of carbonyl (C=O) groups excluding carboxylic acids is 2. The normalized spacial score (nSPS) is 22.4. The van der Waals surface area contributed by atoms with Crippen LogP contribution >= 0.6 is 0 Å². The van der Waals surface area contributed by atoms with Gasteiger partial charge in [0.05, 0.1) is 46.9 Å². The highest BCUT2D eigenvalue weighted by molar-refractivity contribution is 7.89. The fraction of sp³-hybridized carbons (Fsp3) is 0.480. The van der Waals surface area contributed by atoms with Gasteiger partial charge in [0.1, 0.15) is 0 Å². The summed E-state index contributed by atoms with van der Waals surface area (Å²) in [6, 6.07) is 35.9. The monoisotopic (exact) mass is 932 g/mol. The van der Waals surface area contributed by atoms with Crippen LogP contribution < -0.4 is 10.6 Å². The van der Waals surface area contributed by atoms with E-state index in [0.717, 1.165) is 63.6 Å². The maximum absolute atomic E-state index is 13.5. The Hall–Kier alpha value is -4.48. The molecule has 356 valence electrons. The molecule has 4 aromatic rings. The molecule has 65 heavy (non-hydrogen) atoms. The first-order chi connectivity index (χ1) is 31.6. The molecule has 8 rings (SSSR count). The number of nitrogens with zero attached hydrogens (tertiary/aromatic N) is 4. The Labute approximate surface area is 390 Å². The molecule has 15 heteroatoms. The SMILES string of the molecule is CC.O=C(NCCN1CCCC1)[C@@H]1CC[C@H](c2ccccc2)N(S(=O)(=O)c2ccccc2)C1.O=C(NCCN1CCOCC1)[C@@H]1CC[C@H](c2ccccc2)N(S(=O)(=O)c2ccccc2)C1.[HH].[HH]. The van der Waals surface area contributed by atoms with Crippen LogP contribution in [0.5, 0.6) is 0 Å². The average Bonchev–Trinajstić information content (AvgIpc) is 3.89. The molecule has 0 aromatic heterocycles. The highest BCUT2D eigenvalue weighted by atomic mass is 32.2. The lowest BCUT2D eigenvalue weighted by atomic mass is 9.90. The van der Waals surface area contributed by atoms with Gasteiger partial charge in [0.25, 0.3) is 0 Å². The smallest absolute Gasteiger partial charge is 0.243 e. The molecular weight excluding hydrogens is 861 g/mol. The van der Waals surface area contributed by atoms with Gasteiger partial charge in [-0.3, -0.25) is 14.5 Å². The van der Waals surface area contributed by atoms with Gasteiger partial charge in [-0.15, -0.1) is 0 Å². The maximum atomic E-state index is 13.5. The van der Waals surface area contributed by atoms with Crippen LogP contribution in [0.25, 0.3) is 0 Å². The number of benzene rings is 4. The van der Waals surface area contributed by atoms with Crippen LogP contribution in [0.15, 0.2) is 131 Å². The molecule has 4 atom stereocenters. The number of nitrogens with one attached hydrogen (secondary N) is 2. The van der Waals surface area contributed by atoms with Crippen LogP contribution in [-0.2, 0) is 34.4 Å². The van der Waals surface area contributed by atoms with E-state index in [1.54, 1.807) is 60.7 Å². The van der Waals surface area contributed by atoms with Gasteiger partial charge in [-0.25, -0.2) is 16.8 Å². The van der Waals surface area contributed by atoms with E-state index in [1.165, 1.54) is 21.5 Å². The number of amides is 2. The summed E-state index contributed by atoms with van der Waals surface area (Å²) < 4.78 is 62.5. The third-order valence-corrected chi connectivity index (χ3v) is 16.4.